The number of carbonyl (C=O) groups excluding carboxylic acids is 2. The molecule has 126 valence electrons. The second-order valence-electron chi connectivity index (χ2n) is 5.84. The molecule has 1 aliphatic carbocycles. The predicted octanol–water partition coefficient (Wildman–Crippen LogP) is 3.03. The number of thiazole rings is 1. The van der Waals surface area contributed by atoms with Gasteiger partial charge >= 0.3 is 6.18 Å². The lowest BCUT2D eigenvalue weighted by atomic mass is 9.90. The molecule has 2 aliphatic rings. The Morgan fingerprint density at radius 2 is 1.74 bits per heavy atom. The summed E-state index contributed by atoms with van der Waals surface area (Å²) in [5.41, 5.74) is -0.882. The zero-order valence-corrected chi connectivity index (χ0v) is 13.0. The van der Waals surface area contributed by atoms with Crippen molar-refractivity contribution in [2.24, 2.45) is 0 Å². The molecule has 2 fully saturated rings. The first kappa shape index (κ1) is 16.2. The predicted molar refractivity (Wildman–Crippen MR) is 77.9 cm³/mol. The molecule has 1 saturated carbocycles. The average molecular weight is 347 g/mol. The van der Waals surface area contributed by atoms with Gasteiger partial charge in [0.25, 0.3) is 0 Å². The molecule has 0 bridgehead atoms. The Labute approximate surface area is 134 Å². The number of nitrogens with zero attached hydrogens (tertiary/aromatic N) is 2. The van der Waals surface area contributed by atoms with Crippen LogP contribution in [-0.4, -0.2) is 33.8 Å². The van der Waals surface area contributed by atoms with E-state index in [0.717, 1.165) is 16.7 Å². The standard InChI is InChI=1S/C14H16F3N3O2S/c15-14(16,17)10-7-23-13(19-10)18-8-1-3-9(4-2-8)20-11(21)5-6-12(20)22/h7-9H,1-6H2,(H,18,19). The second kappa shape index (κ2) is 6.10. The van der Waals surface area contributed by atoms with Crippen molar-refractivity contribution in [3.8, 4) is 0 Å². The van der Waals surface area contributed by atoms with Crippen molar-refractivity contribution < 1.29 is 22.8 Å². The Balaban J connectivity index is 1.54. The minimum atomic E-state index is -4.43. The number of rotatable bonds is 3. The van der Waals surface area contributed by atoms with Crippen LogP contribution in [0, 0.1) is 0 Å². The van der Waals surface area contributed by atoms with Gasteiger partial charge < -0.3 is 5.32 Å². The maximum Gasteiger partial charge on any atom is 0.434 e. The van der Waals surface area contributed by atoms with Crippen molar-refractivity contribution in [3.63, 3.8) is 0 Å². The van der Waals surface area contributed by atoms with Crippen molar-refractivity contribution in [2.45, 2.75) is 56.8 Å². The molecule has 5 nitrogen and oxygen atoms in total. The van der Waals surface area contributed by atoms with Gasteiger partial charge in [-0.25, -0.2) is 4.98 Å². The molecule has 0 radical (unpaired) electrons. The number of alkyl halides is 3. The number of hydrogen-bond donors (Lipinski definition) is 1. The van der Waals surface area contributed by atoms with Crippen molar-refractivity contribution in [2.75, 3.05) is 5.32 Å². The van der Waals surface area contributed by atoms with Gasteiger partial charge in [-0.15, -0.1) is 11.3 Å². The number of carbonyl (C=O) groups is 2. The van der Waals surface area contributed by atoms with E-state index in [1.807, 2.05) is 0 Å². The van der Waals surface area contributed by atoms with Crippen LogP contribution in [0.3, 0.4) is 0 Å². The fourth-order valence-corrected chi connectivity index (χ4v) is 3.92. The summed E-state index contributed by atoms with van der Waals surface area (Å²) in [4.78, 5) is 28.4. The SMILES string of the molecule is O=C1CCC(=O)N1C1CCC(Nc2nc(C(F)(F)F)cs2)CC1. The molecule has 0 aromatic carbocycles. The van der Waals surface area contributed by atoms with Crippen LogP contribution in [0.2, 0.25) is 0 Å². The molecule has 0 atom stereocenters. The van der Waals surface area contributed by atoms with E-state index in [1.165, 1.54) is 4.90 Å². The smallest absolute Gasteiger partial charge is 0.359 e. The largest absolute Gasteiger partial charge is 0.434 e. The maximum atomic E-state index is 12.5. The Hall–Kier alpha value is -1.64. The van der Waals surface area contributed by atoms with E-state index in [0.29, 0.717) is 25.7 Å². The molecule has 0 unspecified atom stereocenters. The molecule has 0 spiro atoms. The summed E-state index contributed by atoms with van der Waals surface area (Å²) in [6.07, 6.45) is -1.11. The maximum absolute atomic E-state index is 12.5. The summed E-state index contributed by atoms with van der Waals surface area (Å²) in [5.74, 6) is -0.220. The molecule has 3 rings (SSSR count). The first-order valence-electron chi connectivity index (χ1n) is 7.49. The number of likely N-dealkylation sites (tertiary alicyclic amines) is 1. The lowest BCUT2D eigenvalue weighted by molar-refractivity contribution is -0.142. The van der Waals surface area contributed by atoms with Gasteiger partial charge in [-0.2, -0.15) is 13.2 Å². The normalized spacial score (nSPS) is 26.0. The van der Waals surface area contributed by atoms with Crippen LogP contribution >= 0.6 is 11.3 Å². The number of nitrogens with one attached hydrogen (secondary N) is 1. The molecular weight excluding hydrogens is 331 g/mol. The molecule has 9 heteroatoms. The highest BCUT2D eigenvalue weighted by Crippen LogP contribution is 2.33. The quantitative estimate of drug-likeness (QED) is 0.854. The lowest BCUT2D eigenvalue weighted by Gasteiger charge is -2.33. The zero-order valence-electron chi connectivity index (χ0n) is 12.2. The highest BCUT2D eigenvalue weighted by atomic mass is 32.1. The fraction of sp³-hybridized carbons (Fsp3) is 0.643. The third-order valence-electron chi connectivity index (χ3n) is 4.27. The van der Waals surface area contributed by atoms with Gasteiger partial charge in [0, 0.05) is 30.3 Å². The van der Waals surface area contributed by atoms with Crippen molar-refractivity contribution in [1.29, 1.82) is 0 Å². The molecule has 1 N–H and O–H groups in total. The number of imide groups is 1. The van der Waals surface area contributed by atoms with E-state index in [9.17, 15) is 22.8 Å². The van der Waals surface area contributed by atoms with Crippen LogP contribution in [0.15, 0.2) is 5.38 Å². The molecule has 1 aromatic heterocycles. The van der Waals surface area contributed by atoms with E-state index in [-0.39, 0.29) is 41.9 Å². The summed E-state index contributed by atoms with van der Waals surface area (Å²) < 4.78 is 37.6. The number of halogens is 3. The summed E-state index contributed by atoms with van der Waals surface area (Å²) in [6.45, 7) is 0. The molecule has 1 saturated heterocycles. The molecule has 2 amide bonds. The zero-order chi connectivity index (χ0) is 16.6. The molecule has 2 heterocycles. The van der Waals surface area contributed by atoms with Crippen molar-refractivity contribution >= 4 is 28.3 Å². The van der Waals surface area contributed by atoms with E-state index in [1.54, 1.807) is 0 Å². The molecule has 1 aromatic rings. The Bertz CT molecular complexity index is 593. The van der Waals surface area contributed by atoms with Gasteiger partial charge in [0.15, 0.2) is 10.8 Å². The number of aromatic nitrogens is 1. The van der Waals surface area contributed by atoms with Gasteiger partial charge in [-0.05, 0) is 25.7 Å². The summed E-state index contributed by atoms with van der Waals surface area (Å²) in [6, 6.07) is -0.0520. The monoisotopic (exact) mass is 347 g/mol. The minimum absolute atomic E-state index is 0.0197. The van der Waals surface area contributed by atoms with Gasteiger partial charge in [-0.1, -0.05) is 0 Å². The summed E-state index contributed by atoms with van der Waals surface area (Å²) in [7, 11) is 0. The second-order valence-corrected chi connectivity index (χ2v) is 6.70. The Morgan fingerprint density at radius 1 is 1.13 bits per heavy atom. The third-order valence-corrected chi connectivity index (χ3v) is 5.05. The van der Waals surface area contributed by atoms with E-state index < -0.39 is 11.9 Å². The Morgan fingerprint density at radius 3 is 2.26 bits per heavy atom. The number of anilines is 1. The highest BCUT2D eigenvalue weighted by molar-refractivity contribution is 7.13. The molecular formula is C14H16F3N3O2S. The third kappa shape index (κ3) is 3.49. The van der Waals surface area contributed by atoms with Crippen LogP contribution in [0.5, 0.6) is 0 Å². The lowest BCUT2D eigenvalue weighted by Crippen LogP contribution is -2.43. The highest BCUT2D eigenvalue weighted by Gasteiger charge is 2.37. The van der Waals surface area contributed by atoms with Gasteiger partial charge in [0.2, 0.25) is 11.8 Å². The van der Waals surface area contributed by atoms with Crippen LogP contribution in [0.25, 0.3) is 0 Å². The van der Waals surface area contributed by atoms with Crippen molar-refractivity contribution in [1.82, 2.24) is 9.88 Å². The topological polar surface area (TPSA) is 62.3 Å². The fourth-order valence-electron chi connectivity index (χ4n) is 3.12. The first-order chi connectivity index (χ1) is 10.8. The molecule has 1 aliphatic heterocycles. The van der Waals surface area contributed by atoms with Crippen LogP contribution < -0.4 is 5.32 Å². The summed E-state index contributed by atoms with van der Waals surface area (Å²) in [5, 5.41) is 4.28. The van der Waals surface area contributed by atoms with Crippen LogP contribution in [-0.2, 0) is 15.8 Å². The van der Waals surface area contributed by atoms with E-state index in [4.69, 9.17) is 0 Å². The van der Waals surface area contributed by atoms with Gasteiger partial charge in [0.1, 0.15) is 0 Å². The number of amides is 2. The molecule has 23 heavy (non-hydrogen) atoms. The number of hydrogen-bond acceptors (Lipinski definition) is 5. The van der Waals surface area contributed by atoms with E-state index in [2.05, 4.69) is 10.3 Å². The minimum Gasteiger partial charge on any atom is -0.359 e. The van der Waals surface area contributed by atoms with Crippen molar-refractivity contribution in [3.05, 3.63) is 11.1 Å². The van der Waals surface area contributed by atoms with Gasteiger partial charge in [-0.3, -0.25) is 14.5 Å². The average Bonchev–Trinajstić information content (AvgIpc) is 3.07. The van der Waals surface area contributed by atoms with Crippen LogP contribution in [0.1, 0.15) is 44.2 Å². The van der Waals surface area contributed by atoms with Gasteiger partial charge in [0.05, 0.1) is 0 Å². The first-order valence-corrected chi connectivity index (χ1v) is 8.36. The van der Waals surface area contributed by atoms with E-state index >= 15 is 0 Å². The van der Waals surface area contributed by atoms with Crippen LogP contribution in [0.4, 0.5) is 18.3 Å². The Kier molecular flexibility index (Phi) is 4.31. The summed E-state index contributed by atoms with van der Waals surface area (Å²) >= 11 is 0.936.